The first-order chi connectivity index (χ1) is 16.8. The Balaban J connectivity index is 1.18. The monoisotopic (exact) mass is 483 g/mol. The number of Topliss-reactive ketones (excluding diaryl/α,β-unsaturated/α-hetero) is 1. The van der Waals surface area contributed by atoms with Crippen LogP contribution in [0.15, 0.2) is 18.2 Å². The first-order valence-corrected chi connectivity index (χ1v) is 13.5. The lowest BCUT2D eigenvalue weighted by Gasteiger charge is -2.56. The quantitative estimate of drug-likeness (QED) is 0.649. The predicted molar refractivity (Wildman–Crippen MR) is 131 cm³/mol. The van der Waals surface area contributed by atoms with Gasteiger partial charge in [-0.05, 0) is 105 Å². The molecule has 0 amide bonds. The molecule has 4 fully saturated rings. The van der Waals surface area contributed by atoms with E-state index in [1.165, 1.54) is 12.8 Å². The van der Waals surface area contributed by atoms with Gasteiger partial charge in [-0.25, -0.2) is 9.07 Å². The molecule has 1 aromatic carbocycles. The second kappa shape index (κ2) is 8.53. The van der Waals surface area contributed by atoms with Crippen LogP contribution in [0.4, 0.5) is 4.39 Å². The van der Waals surface area contributed by atoms with Gasteiger partial charge in [-0.15, -0.1) is 5.10 Å². The van der Waals surface area contributed by atoms with Gasteiger partial charge in [0.05, 0.1) is 18.2 Å². The van der Waals surface area contributed by atoms with E-state index >= 15 is 0 Å². The Morgan fingerprint density at radius 2 is 1.97 bits per heavy atom. The summed E-state index contributed by atoms with van der Waals surface area (Å²) < 4.78 is 20.6. The third-order valence-corrected chi connectivity index (χ3v) is 10.8. The van der Waals surface area contributed by atoms with Crippen LogP contribution in [-0.2, 0) is 11.3 Å². The molecule has 0 spiro atoms. The van der Waals surface area contributed by atoms with Gasteiger partial charge in [0.15, 0.2) is 5.78 Å². The lowest BCUT2D eigenvalue weighted by atomic mass is 9.49. The van der Waals surface area contributed by atoms with Crippen LogP contribution in [0.1, 0.15) is 64.7 Å². The fraction of sp³-hybridized carbons (Fsp3) is 0.750. The van der Waals surface area contributed by atoms with Crippen LogP contribution in [-0.4, -0.2) is 45.3 Å². The standard InChI is InChI=1S/C28H38FN3O3/c1-27-11-9-20-19-10-12-28(34,16-29)14-17(19)3-5-21(20)22(27)6-7-23(27)26(33)15-32-25-13-18(35-2)4-8-24(25)30-31-32/h4,8,13,17,19-23,34H,3,5-7,9-12,14-16H2,1-2H3/t17-,19+,20-,21-,22+,23-,27+,28-/m1/s1. The molecule has 0 bridgehead atoms. The second-order valence-electron chi connectivity index (χ2n) is 12.3. The van der Waals surface area contributed by atoms with E-state index in [1.807, 2.05) is 18.2 Å². The molecule has 35 heavy (non-hydrogen) atoms. The maximum absolute atomic E-state index is 13.7. The van der Waals surface area contributed by atoms with E-state index in [4.69, 9.17) is 4.74 Å². The molecule has 0 radical (unpaired) electrons. The number of halogens is 1. The lowest BCUT2D eigenvalue weighted by Crippen LogP contribution is -2.52. The van der Waals surface area contributed by atoms with Crippen molar-refractivity contribution in [2.24, 2.45) is 40.9 Å². The molecule has 8 atom stereocenters. The molecule has 0 saturated heterocycles. The fourth-order valence-corrected chi connectivity index (χ4v) is 9.06. The van der Waals surface area contributed by atoms with Crippen molar-refractivity contribution in [2.45, 2.75) is 76.9 Å². The molecule has 4 aliphatic rings. The van der Waals surface area contributed by atoms with Gasteiger partial charge in [0.1, 0.15) is 24.5 Å². The highest BCUT2D eigenvalue weighted by molar-refractivity contribution is 5.84. The van der Waals surface area contributed by atoms with E-state index in [2.05, 4.69) is 17.2 Å². The zero-order valence-electron chi connectivity index (χ0n) is 21.0. The lowest BCUT2D eigenvalue weighted by molar-refractivity contribution is -0.134. The number of aliphatic hydroxyl groups is 1. The number of benzene rings is 1. The molecular formula is C28H38FN3O3. The number of rotatable bonds is 5. The van der Waals surface area contributed by atoms with Crippen molar-refractivity contribution in [3.05, 3.63) is 18.2 Å². The van der Waals surface area contributed by atoms with Crippen molar-refractivity contribution in [1.82, 2.24) is 15.0 Å². The van der Waals surface area contributed by atoms with Gasteiger partial charge in [0.25, 0.3) is 0 Å². The van der Waals surface area contributed by atoms with Crippen LogP contribution in [0, 0.1) is 40.9 Å². The first-order valence-electron chi connectivity index (χ1n) is 13.5. The molecule has 1 heterocycles. The molecule has 6 rings (SSSR count). The number of carbonyl (C=O) groups excluding carboxylic acids is 1. The van der Waals surface area contributed by atoms with Crippen LogP contribution < -0.4 is 4.74 Å². The summed E-state index contributed by atoms with van der Waals surface area (Å²) >= 11 is 0. The van der Waals surface area contributed by atoms with E-state index in [0.717, 1.165) is 48.9 Å². The van der Waals surface area contributed by atoms with E-state index in [-0.39, 0.29) is 23.7 Å². The summed E-state index contributed by atoms with van der Waals surface area (Å²) in [5.74, 6) is 4.11. The van der Waals surface area contributed by atoms with Crippen molar-refractivity contribution in [1.29, 1.82) is 0 Å². The van der Waals surface area contributed by atoms with E-state index in [0.29, 0.717) is 42.4 Å². The predicted octanol–water partition coefficient (Wildman–Crippen LogP) is 4.98. The number of fused-ring (bicyclic) bond motifs is 6. The first kappa shape index (κ1) is 23.4. The number of alkyl halides is 1. The average molecular weight is 484 g/mol. The summed E-state index contributed by atoms with van der Waals surface area (Å²) in [6.45, 7) is 2.03. The molecule has 190 valence electrons. The molecule has 0 unspecified atom stereocenters. The zero-order chi connectivity index (χ0) is 24.4. The summed E-state index contributed by atoms with van der Waals surface area (Å²) in [4.78, 5) is 13.7. The minimum Gasteiger partial charge on any atom is -0.497 e. The normalized spacial score (nSPS) is 40.7. The maximum Gasteiger partial charge on any atom is 0.157 e. The van der Waals surface area contributed by atoms with Gasteiger partial charge in [-0.2, -0.15) is 0 Å². The Labute approximate surface area is 206 Å². The summed E-state index contributed by atoms with van der Waals surface area (Å²) in [7, 11) is 1.64. The van der Waals surface area contributed by atoms with Crippen LogP contribution in [0.3, 0.4) is 0 Å². The van der Waals surface area contributed by atoms with Gasteiger partial charge < -0.3 is 9.84 Å². The Morgan fingerprint density at radius 3 is 2.77 bits per heavy atom. The Bertz CT molecular complexity index is 1120. The van der Waals surface area contributed by atoms with Gasteiger partial charge in [0, 0.05) is 12.0 Å². The molecule has 1 N–H and O–H groups in total. The minimum absolute atomic E-state index is 0.0491. The smallest absolute Gasteiger partial charge is 0.157 e. The number of aromatic nitrogens is 3. The van der Waals surface area contributed by atoms with Gasteiger partial charge in [-0.1, -0.05) is 12.1 Å². The molecular weight excluding hydrogens is 445 g/mol. The molecule has 6 nitrogen and oxygen atoms in total. The molecule has 7 heteroatoms. The van der Waals surface area contributed by atoms with Gasteiger partial charge >= 0.3 is 0 Å². The van der Waals surface area contributed by atoms with Crippen LogP contribution in [0.25, 0.3) is 11.0 Å². The number of hydrogen-bond acceptors (Lipinski definition) is 5. The highest BCUT2D eigenvalue weighted by Gasteiger charge is 2.59. The molecule has 4 saturated carbocycles. The third-order valence-electron chi connectivity index (χ3n) is 10.8. The zero-order valence-corrected chi connectivity index (χ0v) is 21.0. The van der Waals surface area contributed by atoms with Gasteiger partial charge in [-0.3, -0.25) is 4.79 Å². The van der Waals surface area contributed by atoms with Crippen LogP contribution >= 0.6 is 0 Å². The van der Waals surface area contributed by atoms with Crippen LogP contribution in [0.5, 0.6) is 5.75 Å². The molecule has 0 aliphatic heterocycles. The fourth-order valence-electron chi connectivity index (χ4n) is 9.06. The van der Waals surface area contributed by atoms with E-state index < -0.39 is 12.3 Å². The van der Waals surface area contributed by atoms with Gasteiger partial charge in [0.2, 0.25) is 0 Å². The topological polar surface area (TPSA) is 77.2 Å². The van der Waals surface area contributed by atoms with Crippen molar-refractivity contribution in [3.8, 4) is 5.75 Å². The number of nitrogens with zero attached hydrogens (tertiary/aromatic N) is 3. The van der Waals surface area contributed by atoms with Crippen molar-refractivity contribution in [2.75, 3.05) is 13.8 Å². The summed E-state index contributed by atoms with van der Waals surface area (Å²) in [6.07, 6.45) is 8.83. The number of ether oxygens (including phenoxy) is 1. The second-order valence-corrected chi connectivity index (χ2v) is 12.3. The van der Waals surface area contributed by atoms with Crippen molar-refractivity contribution in [3.63, 3.8) is 0 Å². The summed E-state index contributed by atoms with van der Waals surface area (Å²) in [6, 6.07) is 5.65. The molecule has 2 aromatic rings. The number of carbonyl (C=O) groups is 1. The molecule has 1 aromatic heterocycles. The number of ketones is 1. The van der Waals surface area contributed by atoms with E-state index in [1.54, 1.807) is 11.8 Å². The molecule has 4 aliphatic carbocycles. The number of hydrogen-bond donors (Lipinski definition) is 1. The minimum atomic E-state index is -1.09. The Morgan fingerprint density at radius 1 is 1.14 bits per heavy atom. The highest BCUT2D eigenvalue weighted by Crippen LogP contribution is 2.64. The third kappa shape index (κ3) is 3.71. The Kier molecular flexibility index (Phi) is 5.70. The van der Waals surface area contributed by atoms with E-state index in [9.17, 15) is 14.3 Å². The van der Waals surface area contributed by atoms with Crippen molar-refractivity contribution >= 4 is 16.8 Å². The largest absolute Gasteiger partial charge is 0.497 e. The SMILES string of the molecule is COc1ccc2nnn(CC(=O)[C@H]3CC[C@H]4[C@@H]5CC[C@@H]6C[C@@](O)(CF)CC[C@@H]6[C@H]5CC[C@]34C)c2c1. The summed E-state index contributed by atoms with van der Waals surface area (Å²) in [5, 5.41) is 19.1. The van der Waals surface area contributed by atoms with Crippen molar-refractivity contribution < 1.29 is 19.0 Å². The number of methoxy groups -OCH3 is 1. The Hall–Kier alpha value is -2.02. The summed E-state index contributed by atoms with van der Waals surface area (Å²) in [5.41, 5.74) is 0.578. The van der Waals surface area contributed by atoms with Crippen LogP contribution in [0.2, 0.25) is 0 Å². The average Bonchev–Trinajstić information content (AvgIpc) is 3.43. The highest BCUT2D eigenvalue weighted by atomic mass is 19.1. The maximum atomic E-state index is 13.7.